The van der Waals surface area contributed by atoms with Crippen molar-refractivity contribution in [3.63, 3.8) is 0 Å². The van der Waals surface area contributed by atoms with Crippen LogP contribution in [-0.4, -0.2) is 16.5 Å². The van der Waals surface area contributed by atoms with Gasteiger partial charge in [-0.2, -0.15) is 0 Å². The lowest BCUT2D eigenvalue weighted by atomic mass is 10.3. The molecule has 1 aromatic carbocycles. The number of halogens is 2. The normalized spacial score (nSPS) is 10.2. The molecule has 1 heterocycles. The van der Waals surface area contributed by atoms with Crippen molar-refractivity contribution >= 4 is 55.8 Å². The molecule has 0 fully saturated rings. The lowest BCUT2D eigenvalue weighted by molar-refractivity contribution is 1.10. The SMILES string of the molecule is CCNc1ncnc(Nc2ccc(I)cc2)c1Br. The molecule has 0 unspecified atom stereocenters. The Balaban J connectivity index is 2.23. The third kappa shape index (κ3) is 3.32. The summed E-state index contributed by atoms with van der Waals surface area (Å²) in [6.07, 6.45) is 1.54. The molecule has 0 saturated carbocycles. The van der Waals surface area contributed by atoms with Gasteiger partial charge in [0.05, 0.1) is 0 Å². The van der Waals surface area contributed by atoms with Crippen LogP contribution in [0.5, 0.6) is 0 Å². The highest BCUT2D eigenvalue weighted by Gasteiger charge is 2.07. The lowest BCUT2D eigenvalue weighted by Crippen LogP contribution is -2.03. The van der Waals surface area contributed by atoms with Crippen molar-refractivity contribution in [3.05, 3.63) is 38.6 Å². The van der Waals surface area contributed by atoms with Gasteiger partial charge in [-0.15, -0.1) is 0 Å². The van der Waals surface area contributed by atoms with E-state index in [-0.39, 0.29) is 0 Å². The summed E-state index contributed by atoms with van der Waals surface area (Å²) in [5.41, 5.74) is 0.997. The Morgan fingerprint density at radius 3 is 2.50 bits per heavy atom. The van der Waals surface area contributed by atoms with Crippen LogP contribution >= 0.6 is 38.5 Å². The molecule has 0 saturated heterocycles. The number of anilines is 3. The Labute approximate surface area is 128 Å². The first kappa shape index (κ1) is 13.5. The number of benzene rings is 1. The van der Waals surface area contributed by atoms with Gasteiger partial charge in [0, 0.05) is 15.8 Å². The predicted molar refractivity (Wildman–Crippen MR) is 86.3 cm³/mol. The van der Waals surface area contributed by atoms with Crippen LogP contribution in [0.1, 0.15) is 6.92 Å². The Morgan fingerprint density at radius 1 is 1.17 bits per heavy atom. The predicted octanol–water partition coefficient (Wildman–Crippen LogP) is 4.02. The number of rotatable bonds is 4. The van der Waals surface area contributed by atoms with Crippen molar-refractivity contribution < 1.29 is 0 Å². The first-order valence-corrected chi connectivity index (χ1v) is 7.35. The fraction of sp³-hybridized carbons (Fsp3) is 0.167. The maximum absolute atomic E-state index is 4.23. The minimum Gasteiger partial charge on any atom is -0.369 e. The smallest absolute Gasteiger partial charge is 0.150 e. The second kappa shape index (κ2) is 6.33. The van der Waals surface area contributed by atoms with Gasteiger partial charge in [-0.3, -0.25) is 0 Å². The van der Waals surface area contributed by atoms with Crippen LogP contribution in [0, 0.1) is 3.57 Å². The van der Waals surface area contributed by atoms with Crippen molar-refractivity contribution in [3.8, 4) is 0 Å². The highest BCUT2D eigenvalue weighted by atomic mass is 127. The van der Waals surface area contributed by atoms with Crippen molar-refractivity contribution in [1.29, 1.82) is 0 Å². The second-order valence-electron chi connectivity index (χ2n) is 3.55. The maximum Gasteiger partial charge on any atom is 0.150 e. The summed E-state index contributed by atoms with van der Waals surface area (Å²) in [6, 6.07) is 8.12. The topological polar surface area (TPSA) is 49.8 Å². The highest BCUT2D eigenvalue weighted by Crippen LogP contribution is 2.28. The minimum atomic E-state index is 0.752. The standard InChI is InChI=1S/C12H12BrIN4/c1-2-15-11-10(13)12(17-7-16-11)18-9-5-3-8(14)4-6-9/h3-7H,2H2,1H3,(H2,15,16,17,18). The van der Waals surface area contributed by atoms with Crippen molar-refractivity contribution in [2.24, 2.45) is 0 Å². The van der Waals surface area contributed by atoms with E-state index in [0.717, 1.165) is 28.3 Å². The second-order valence-corrected chi connectivity index (χ2v) is 5.59. The van der Waals surface area contributed by atoms with Gasteiger partial charge in [0.25, 0.3) is 0 Å². The zero-order valence-electron chi connectivity index (χ0n) is 9.74. The monoisotopic (exact) mass is 418 g/mol. The van der Waals surface area contributed by atoms with Gasteiger partial charge in [0.1, 0.15) is 22.4 Å². The number of hydrogen-bond donors (Lipinski definition) is 2. The minimum absolute atomic E-state index is 0.752. The van der Waals surface area contributed by atoms with Crippen LogP contribution in [0.2, 0.25) is 0 Å². The van der Waals surface area contributed by atoms with Gasteiger partial charge >= 0.3 is 0 Å². The van der Waals surface area contributed by atoms with Crippen molar-refractivity contribution in [2.75, 3.05) is 17.2 Å². The summed E-state index contributed by atoms with van der Waals surface area (Å²) in [5.74, 6) is 1.54. The third-order valence-corrected chi connectivity index (χ3v) is 3.71. The van der Waals surface area contributed by atoms with E-state index >= 15 is 0 Å². The molecule has 0 aliphatic carbocycles. The van der Waals surface area contributed by atoms with E-state index in [1.165, 1.54) is 9.90 Å². The van der Waals surface area contributed by atoms with Gasteiger partial charge in [-0.1, -0.05) is 0 Å². The molecular weight excluding hydrogens is 407 g/mol. The average Bonchev–Trinajstić information content (AvgIpc) is 2.37. The molecule has 2 rings (SSSR count). The average molecular weight is 419 g/mol. The molecular formula is C12H12BrIN4. The van der Waals surface area contributed by atoms with Crippen LogP contribution in [0.3, 0.4) is 0 Å². The van der Waals surface area contributed by atoms with Crippen LogP contribution < -0.4 is 10.6 Å². The van der Waals surface area contributed by atoms with Gasteiger partial charge < -0.3 is 10.6 Å². The van der Waals surface area contributed by atoms with Crippen molar-refractivity contribution in [2.45, 2.75) is 6.92 Å². The first-order valence-electron chi connectivity index (χ1n) is 5.47. The summed E-state index contributed by atoms with van der Waals surface area (Å²) in [7, 11) is 0. The van der Waals surface area contributed by atoms with E-state index < -0.39 is 0 Å². The molecule has 0 bridgehead atoms. The van der Waals surface area contributed by atoms with E-state index in [2.05, 4.69) is 59.1 Å². The van der Waals surface area contributed by atoms with Gasteiger partial charge in [0.15, 0.2) is 0 Å². The molecule has 0 radical (unpaired) electrons. The number of hydrogen-bond acceptors (Lipinski definition) is 4. The van der Waals surface area contributed by atoms with Crippen LogP contribution in [0.25, 0.3) is 0 Å². The molecule has 0 aliphatic rings. The summed E-state index contributed by atoms with van der Waals surface area (Å²) < 4.78 is 2.04. The first-order chi connectivity index (χ1) is 8.70. The quantitative estimate of drug-likeness (QED) is 0.736. The summed E-state index contributed by atoms with van der Waals surface area (Å²) in [5, 5.41) is 6.43. The van der Waals surface area contributed by atoms with E-state index in [9.17, 15) is 0 Å². The lowest BCUT2D eigenvalue weighted by Gasteiger charge is -2.10. The fourth-order valence-electron chi connectivity index (χ4n) is 1.42. The van der Waals surface area contributed by atoms with E-state index in [1.807, 2.05) is 31.2 Å². The Bertz CT molecular complexity index is 530. The van der Waals surface area contributed by atoms with Gasteiger partial charge in [-0.05, 0) is 69.7 Å². The number of nitrogens with one attached hydrogen (secondary N) is 2. The Kier molecular flexibility index (Phi) is 4.76. The molecule has 0 amide bonds. The number of nitrogens with zero attached hydrogens (tertiary/aromatic N) is 2. The zero-order chi connectivity index (χ0) is 13.0. The highest BCUT2D eigenvalue weighted by molar-refractivity contribution is 14.1. The van der Waals surface area contributed by atoms with E-state index in [4.69, 9.17) is 0 Å². The largest absolute Gasteiger partial charge is 0.369 e. The molecule has 0 spiro atoms. The van der Waals surface area contributed by atoms with E-state index in [1.54, 1.807) is 0 Å². The van der Waals surface area contributed by atoms with Crippen LogP contribution in [0.4, 0.5) is 17.3 Å². The van der Waals surface area contributed by atoms with Crippen LogP contribution in [0.15, 0.2) is 35.1 Å². The molecule has 0 atom stereocenters. The molecule has 4 nitrogen and oxygen atoms in total. The Hall–Kier alpha value is -0.890. The van der Waals surface area contributed by atoms with E-state index in [0.29, 0.717) is 0 Å². The van der Waals surface area contributed by atoms with Gasteiger partial charge in [-0.25, -0.2) is 9.97 Å². The summed E-state index contributed by atoms with van der Waals surface area (Å²) >= 11 is 5.78. The number of aromatic nitrogens is 2. The molecule has 2 N–H and O–H groups in total. The molecule has 94 valence electrons. The van der Waals surface area contributed by atoms with Crippen LogP contribution in [-0.2, 0) is 0 Å². The Morgan fingerprint density at radius 2 is 1.83 bits per heavy atom. The summed E-state index contributed by atoms with van der Waals surface area (Å²) in [6.45, 7) is 2.85. The molecule has 18 heavy (non-hydrogen) atoms. The molecule has 6 heteroatoms. The van der Waals surface area contributed by atoms with Gasteiger partial charge in [0.2, 0.25) is 0 Å². The molecule has 0 aliphatic heterocycles. The molecule has 1 aromatic heterocycles. The van der Waals surface area contributed by atoms with Crippen molar-refractivity contribution in [1.82, 2.24) is 9.97 Å². The molecule has 2 aromatic rings. The fourth-order valence-corrected chi connectivity index (χ4v) is 2.22. The maximum atomic E-state index is 4.23. The zero-order valence-corrected chi connectivity index (χ0v) is 13.5. The third-order valence-electron chi connectivity index (χ3n) is 2.24. The summed E-state index contributed by atoms with van der Waals surface area (Å²) in [4.78, 5) is 8.40.